The molecule has 8 heteroatoms. The zero-order chi connectivity index (χ0) is 18.0. The zero-order valence-corrected chi connectivity index (χ0v) is 17.0. The second kappa shape index (κ2) is 7.63. The normalized spacial score (nSPS) is 28.1. The molecule has 0 spiro atoms. The Balaban J connectivity index is 1.64. The molecule has 3 atom stereocenters. The van der Waals surface area contributed by atoms with Crippen molar-refractivity contribution in [2.75, 3.05) is 13.3 Å². The van der Waals surface area contributed by atoms with Crippen LogP contribution in [0.5, 0.6) is 0 Å². The maximum Gasteiger partial charge on any atom is 0.264 e. The van der Waals surface area contributed by atoms with Gasteiger partial charge in [-0.05, 0) is 42.5 Å². The number of guanidine groups is 1. The van der Waals surface area contributed by atoms with Crippen molar-refractivity contribution in [1.82, 2.24) is 14.9 Å². The molecular weight excluding hydrogens is 404 g/mol. The lowest BCUT2D eigenvalue weighted by Crippen LogP contribution is -2.55. The highest BCUT2D eigenvalue weighted by atomic mass is 79.9. The molecule has 138 valence electrons. The van der Waals surface area contributed by atoms with Gasteiger partial charge in [0.15, 0.2) is 0 Å². The van der Waals surface area contributed by atoms with Crippen molar-refractivity contribution in [3.8, 4) is 0 Å². The van der Waals surface area contributed by atoms with Crippen LogP contribution in [0.4, 0.5) is 0 Å². The van der Waals surface area contributed by atoms with Crippen molar-refractivity contribution in [1.29, 1.82) is 0 Å². The molecule has 2 aliphatic rings. The minimum Gasteiger partial charge on any atom is -0.343 e. The summed E-state index contributed by atoms with van der Waals surface area (Å²) in [4.78, 5) is 6.93. The summed E-state index contributed by atoms with van der Waals surface area (Å²) >= 11 is 3.31. The Hall–Kier alpha value is -1.12. The molecule has 3 rings (SSSR count). The summed E-state index contributed by atoms with van der Waals surface area (Å²) in [6, 6.07) is 7.04. The van der Waals surface area contributed by atoms with Crippen molar-refractivity contribution in [3.05, 3.63) is 28.7 Å². The first-order chi connectivity index (χ1) is 11.9. The summed E-state index contributed by atoms with van der Waals surface area (Å²) in [6.45, 7) is 5.76. The van der Waals surface area contributed by atoms with Gasteiger partial charge in [-0.1, -0.05) is 42.6 Å². The molecule has 1 aromatic carbocycles. The van der Waals surface area contributed by atoms with Crippen LogP contribution in [0.3, 0.4) is 0 Å². The predicted molar refractivity (Wildman–Crippen MR) is 103 cm³/mol. The predicted octanol–water partition coefficient (Wildman–Crippen LogP) is 2.73. The first-order valence-corrected chi connectivity index (χ1v) is 10.9. The number of halogens is 1. The standard InChI is InChI=1S/C17H25BrN4O2S/c1-12-4-3-5-16(13(12)2)22-10-19-17(20-11-22)21-25(23,24)15-8-6-14(18)7-9-15/h6-9,12-13,16H,3-5,10-11H2,1-2H3,(H2,19,20,21)/t12-,13+,16+/m0/s1. The molecule has 0 unspecified atom stereocenters. The van der Waals surface area contributed by atoms with Gasteiger partial charge in [-0.25, -0.2) is 18.1 Å². The number of benzene rings is 1. The van der Waals surface area contributed by atoms with Crippen molar-refractivity contribution in [3.63, 3.8) is 0 Å². The smallest absolute Gasteiger partial charge is 0.264 e. The average Bonchev–Trinajstić information content (AvgIpc) is 2.58. The van der Waals surface area contributed by atoms with Crippen LogP contribution in [0.25, 0.3) is 0 Å². The van der Waals surface area contributed by atoms with Crippen LogP contribution in [-0.4, -0.2) is 38.7 Å². The minimum atomic E-state index is -3.62. The van der Waals surface area contributed by atoms with E-state index in [-0.39, 0.29) is 4.90 Å². The van der Waals surface area contributed by atoms with Crippen molar-refractivity contribution < 1.29 is 8.42 Å². The number of hydrogen-bond acceptors (Lipinski definition) is 5. The Morgan fingerprint density at radius 2 is 1.96 bits per heavy atom. The van der Waals surface area contributed by atoms with Crippen LogP contribution in [0.2, 0.25) is 0 Å². The highest BCUT2D eigenvalue weighted by molar-refractivity contribution is 9.10. The number of nitrogens with one attached hydrogen (secondary N) is 2. The molecule has 1 aromatic rings. The largest absolute Gasteiger partial charge is 0.343 e. The van der Waals surface area contributed by atoms with E-state index in [9.17, 15) is 8.42 Å². The molecule has 0 radical (unpaired) electrons. The van der Waals surface area contributed by atoms with E-state index in [1.54, 1.807) is 24.3 Å². The van der Waals surface area contributed by atoms with Gasteiger partial charge in [-0.3, -0.25) is 4.90 Å². The van der Waals surface area contributed by atoms with E-state index in [0.717, 1.165) is 10.4 Å². The Bertz CT molecular complexity index is 736. The topological polar surface area (TPSA) is 73.8 Å². The van der Waals surface area contributed by atoms with E-state index in [0.29, 0.717) is 31.3 Å². The van der Waals surface area contributed by atoms with Gasteiger partial charge in [0.1, 0.15) is 0 Å². The Morgan fingerprint density at radius 1 is 1.24 bits per heavy atom. The summed E-state index contributed by atoms with van der Waals surface area (Å²) in [7, 11) is -3.62. The van der Waals surface area contributed by atoms with Crippen molar-refractivity contribution in [2.45, 2.75) is 44.0 Å². The minimum absolute atomic E-state index is 0.220. The molecule has 2 N–H and O–H groups in total. The Kier molecular flexibility index (Phi) is 5.70. The van der Waals surface area contributed by atoms with Gasteiger partial charge < -0.3 is 5.32 Å². The lowest BCUT2D eigenvalue weighted by atomic mass is 9.77. The SMILES string of the molecule is C[C@H]1[C@H](N2CN=C(NS(=O)(=O)c3ccc(Br)cc3)NC2)CCC[C@@H]1C. The van der Waals surface area contributed by atoms with Gasteiger partial charge in [0.05, 0.1) is 18.2 Å². The first kappa shape index (κ1) is 18.7. The highest BCUT2D eigenvalue weighted by Crippen LogP contribution is 2.32. The molecule has 1 aliphatic carbocycles. The van der Waals surface area contributed by atoms with E-state index in [1.165, 1.54) is 19.3 Å². The van der Waals surface area contributed by atoms with Gasteiger partial charge >= 0.3 is 0 Å². The van der Waals surface area contributed by atoms with Crippen LogP contribution >= 0.6 is 15.9 Å². The molecule has 0 bridgehead atoms. The van der Waals surface area contributed by atoms with Gasteiger partial charge in [-0.15, -0.1) is 0 Å². The molecule has 0 aromatic heterocycles. The summed E-state index contributed by atoms with van der Waals surface area (Å²) < 4.78 is 28.2. The fraction of sp³-hybridized carbons (Fsp3) is 0.588. The summed E-state index contributed by atoms with van der Waals surface area (Å²) in [5.74, 6) is 1.67. The number of hydrogen-bond donors (Lipinski definition) is 2. The van der Waals surface area contributed by atoms with Gasteiger partial charge in [0, 0.05) is 10.5 Å². The van der Waals surface area contributed by atoms with Gasteiger partial charge in [-0.2, -0.15) is 0 Å². The third kappa shape index (κ3) is 4.35. The van der Waals surface area contributed by atoms with Crippen LogP contribution in [0.1, 0.15) is 33.1 Å². The highest BCUT2D eigenvalue weighted by Gasteiger charge is 2.32. The lowest BCUT2D eigenvalue weighted by Gasteiger charge is -2.42. The van der Waals surface area contributed by atoms with E-state index in [2.05, 4.69) is 49.7 Å². The van der Waals surface area contributed by atoms with Crippen LogP contribution in [-0.2, 0) is 10.0 Å². The third-order valence-corrected chi connectivity index (χ3v) is 7.23. The van der Waals surface area contributed by atoms with Crippen molar-refractivity contribution >= 4 is 31.9 Å². The Morgan fingerprint density at radius 3 is 2.60 bits per heavy atom. The number of sulfonamides is 1. The fourth-order valence-electron chi connectivity index (χ4n) is 3.60. The summed E-state index contributed by atoms with van der Waals surface area (Å²) in [5.41, 5.74) is 0. The molecule has 1 aliphatic heterocycles. The van der Waals surface area contributed by atoms with Crippen LogP contribution in [0, 0.1) is 11.8 Å². The fourth-order valence-corrected chi connectivity index (χ4v) is 4.87. The number of nitrogens with zero attached hydrogens (tertiary/aromatic N) is 2. The molecule has 0 amide bonds. The molecular formula is C17H25BrN4O2S. The second-order valence-corrected chi connectivity index (χ2v) is 9.56. The second-order valence-electron chi connectivity index (χ2n) is 6.97. The van der Waals surface area contributed by atoms with E-state index in [1.807, 2.05) is 0 Å². The van der Waals surface area contributed by atoms with E-state index >= 15 is 0 Å². The van der Waals surface area contributed by atoms with Crippen LogP contribution in [0.15, 0.2) is 38.6 Å². The molecule has 1 heterocycles. The quantitative estimate of drug-likeness (QED) is 0.775. The van der Waals surface area contributed by atoms with E-state index < -0.39 is 10.0 Å². The monoisotopic (exact) mass is 428 g/mol. The third-order valence-electron chi connectivity index (χ3n) is 5.35. The Labute approximate surface area is 158 Å². The lowest BCUT2D eigenvalue weighted by molar-refractivity contribution is 0.0768. The molecule has 1 saturated carbocycles. The summed E-state index contributed by atoms with van der Waals surface area (Å²) in [6.07, 6.45) is 3.72. The van der Waals surface area contributed by atoms with Gasteiger partial charge in [0.25, 0.3) is 10.0 Å². The molecule has 6 nitrogen and oxygen atoms in total. The molecule has 0 saturated heterocycles. The summed E-state index contributed by atoms with van der Waals surface area (Å²) in [5, 5.41) is 3.12. The maximum atomic E-state index is 12.4. The van der Waals surface area contributed by atoms with Crippen molar-refractivity contribution in [2.24, 2.45) is 16.8 Å². The van der Waals surface area contributed by atoms with E-state index in [4.69, 9.17) is 0 Å². The maximum absolute atomic E-state index is 12.4. The zero-order valence-electron chi connectivity index (χ0n) is 14.6. The number of aliphatic imine (C=N–C) groups is 1. The first-order valence-electron chi connectivity index (χ1n) is 8.67. The molecule has 25 heavy (non-hydrogen) atoms. The van der Waals surface area contributed by atoms with Gasteiger partial charge in [0.2, 0.25) is 5.96 Å². The number of rotatable bonds is 3. The molecule has 1 fully saturated rings. The van der Waals surface area contributed by atoms with Crippen LogP contribution < -0.4 is 10.0 Å². The average molecular weight is 429 g/mol.